The van der Waals surface area contributed by atoms with Crippen LogP contribution in [0.4, 0.5) is 5.69 Å². The van der Waals surface area contributed by atoms with Gasteiger partial charge >= 0.3 is 0 Å². The van der Waals surface area contributed by atoms with Crippen LogP contribution < -0.4 is 11.1 Å². The zero-order valence-electron chi connectivity index (χ0n) is 17.6. The van der Waals surface area contributed by atoms with Gasteiger partial charge in [-0.25, -0.2) is 8.42 Å². The van der Waals surface area contributed by atoms with Crippen LogP contribution in [0.25, 0.3) is 0 Å². The Labute approximate surface area is 182 Å². The van der Waals surface area contributed by atoms with Gasteiger partial charge in [0.05, 0.1) is 4.90 Å². The van der Waals surface area contributed by atoms with Crippen molar-refractivity contribution in [3.63, 3.8) is 0 Å². The van der Waals surface area contributed by atoms with Crippen LogP contribution in [0.15, 0.2) is 41.3 Å². The normalized spacial score (nSPS) is 17.3. The number of primary amides is 1. The predicted molar refractivity (Wildman–Crippen MR) is 118 cm³/mol. The lowest BCUT2D eigenvalue weighted by Gasteiger charge is -2.30. The molecule has 4 rings (SSSR count). The van der Waals surface area contributed by atoms with Crippen molar-refractivity contribution >= 4 is 27.5 Å². The van der Waals surface area contributed by atoms with Crippen molar-refractivity contribution in [2.24, 2.45) is 11.7 Å². The molecule has 7 nitrogen and oxygen atoms in total. The highest BCUT2D eigenvalue weighted by Crippen LogP contribution is 2.29. The van der Waals surface area contributed by atoms with Crippen LogP contribution in [-0.4, -0.2) is 37.6 Å². The minimum atomic E-state index is -3.55. The number of benzene rings is 2. The number of nitrogens with zero attached hydrogens (tertiary/aromatic N) is 1. The van der Waals surface area contributed by atoms with Gasteiger partial charge in [-0.1, -0.05) is 6.07 Å². The number of nitrogens with two attached hydrogens (primary N) is 1. The summed E-state index contributed by atoms with van der Waals surface area (Å²) in [7, 11) is -3.55. The van der Waals surface area contributed by atoms with Crippen LogP contribution in [0, 0.1) is 12.8 Å². The molecular formula is C23H27N3O4S. The van der Waals surface area contributed by atoms with Crippen molar-refractivity contribution in [3.8, 4) is 0 Å². The fraction of sp³-hybridized carbons (Fsp3) is 0.391. The molecule has 1 fully saturated rings. The monoisotopic (exact) mass is 441 g/mol. The van der Waals surface area contributed by atoms with Crippen LogP contribution in [0.3, 0.4) is 0 Å². The number of rotatable bonds is 5. The van der Waals surface area contributed by atoms with E-state index >= 15 is 0 Å². The Kier molecular flexibility index (Phi) is 5.85. The predicted octanol–water partition coefficient (Wildman–Crippen LogP) is 2.62. The molecule has 164 valence electrons. The zero-order valence-corrected chi connectivity index (χ0v) is 18.4. The van der Waals surface area contributed by atoms with Gasteiger partial charge in [-0.3, -0.25) is 9.59 Å². The van der Waals surface area contributed by atoms with Gasteiger partial charge in [0.2, 0.25) is 21.8 Å². The SMILES string of the molecule is Cc1cc(NC(=O)C2CCN(S(=O)(=O)c3ccc4c(c3)CCC4)CC2)ccc1C(N)=O. The third-order valence-corrected chi connectivity index (χ3v) is 8.19. The van der Waals surface area contributed by atoms with Gasteiger partial charge in [-0.2, -0.15) is 4.31 Å². The molecule has 0 spiro atoms. The van der Waals surface area contributed by atoms with Crippen LogP contribution in [-0.2, 0) is 27.7 Å². The lowest BCUT2D eigenvalue weighted by Crippen LogP contribution is -2.41. The highest BCUT2D eigenvalue weighted by atomic mass is 32.2. The van der Waals surface area contributed by atoms with E-state index in [0.29, 0.717) is 47.6 Å². The van der Waals surface area contributed by atoms with Crippen molar-refractivity contribution in [1.29, 1.82) is 0 Å². The number of amides is 2. The van der Waals surface area contributed by atoms with E-state index in [4.69, 9.17) is 5.73 Å². The van der Waals surface area contributed by atoms with Gasteiger partial charge in [0.1, 0.15) is 0 Å². The van der Waals surface area contributed by atoms with Crippen LogP contribution in [0.1, 0.15) is 46.3 Å². The van der Waals surface area contributed by atoms with Crippen molar-refractivity contribution in [3.05, 3.63) is 58.7 Å². The summed E-state index contributed by atoms with van der Waals surface area (Å²) in [5.74, 6) is -0.907. The lowest BCUT2D eigenvalue weighted by atomic mass is 9.97. The van der Waals surface area contributed by atoms with Gasteiger partial charge in [-0.05, 0) is 86.1 Å². The molecule has 0 radical (unpaired) electrons. The second kappa shape index (κ2) is 8.43. The van der Waals surface area contributed by atoms with E-state index in [1.54, 1.807) is 31.2 Å². The number of carbonyl (C=O) groups excluding carboxylic acids is 2. The van der Waals surface area contributed by atoms with Gasteiger partial charge in [-0.15, -0.1) is 0 Å². The van der Waals surface area contributed by atoms with Gasteiger partial charge < -0.3 is 11.1 Å². The Balaban J connectivity index is 1.38. The third-order valence-electron chi connectivity index (χ3n) is 6.29. The molecule has 2 amide bonds. The Morgan fingerprint density at radius 2 is 1.74 bits per heavy atom. The van der Waals surface area contributed by atoms with E-state index in [9.17, 15) is 18.0 Å². The Morgan fingerprint density at radius 1 is 1.03 bits per heavy atom. The molecule has 1 heterocycles. The minimum absolute atomic E-state index is 0.138. The number of sulfonamides is 1. The van der Waals surface area contributed by atoms with Gasteiger partial charge in [0.25, 0.3) is 0 Å². The molecule has 0 aromatic heterocycles. The van der Waals surface area contributed by atoms with Crippen molar-refractivity contribution in [2.45, 2.75) is 43.9 Å². The molecular weight excluding hydrogens is 414 g/mol. The number of hydrogen-bond donors (Lipinski definition) is 2. The number of hydrogen-bond acceptors (Lipinski definition) is 4. The smallest absolute Gasteiger partial charge is 0.248 e. The van der Waals surface area contributed by atoms with E-state index in [1.165, 1.54) is 9.87 Å². The topological polar surface area (TPSA) is 110 Å². The summed E-state index contributed by atoms with van der Waals surface area (Å²) in [6, 6.07) is 10.4. The maximum Gasteiger partial charge on any atom is 0.248 e. The van der Waals surface area contributed by atoms with Crippen molar-refractivity contribution < 1.29 is 18.0 Å². The maximum atomic E-state index is 13.1. The molecule has 0 unspecified atom stereocenters. The highest BCUT2D eigenvalue weighted by molar-refractivity contribution is 7.89. The molecule has 2 aromatic rings. The number of carbonyl (C=O) groups is 2. The van der Waals surface area contributed by atoms with E-state index in [0.717, 1.165) is 24.8 Å². The molecule has 3 N–H and O–H groups in total. The van der Waals surface area contributed by atoms with Crippen LogP contribution in [0.5, 0.6) is 0 Å². The first-order chi connectivity index (χ1) is 14.8. The molecule has 2 aromatic carbocycles. The van der Waals surface area contributed by atoms with E-state index in [1.807, 2.05) is 12.1 Å². The molecule has 31 heavy (non-hydrogen) atoms. The molecule has 1 aliphatic heterocycles. The van der Waals surface area contributed by atoms with Crippen LogP contribution >= 0.6 is 0 Å². The van der Waals surface area contributed by atoms with Gasteiger partial charge in [0, 0.05) is 30.3 Å². The van der Waals surface area contributed by atoms with Gasteiger partial charge in [0.15, 0.2) is 0 Å². The summed E-state index contributed by atoms with van der Waals surface area (Å²) in [5, 5.41) is 2.87. The molecule has 0 bridgehead atoms. The van der Waals surface area contributed by atoms with Crippen molar-refractivity contribution in [1.82, 2.24) is 4.31 Å². The first kappa shape index (κ1) is 21.5. The average molecular weight is 442 g/mol. The Morgan fingerprint density at radius 3 is 2.42 bits per heavy atom. The standard InChI is InChI=1S/C23H27N3O4S/c1-15-13-19(6-8-21(15)22(24)27)25-23(28)17-9-11-26(12-10-17)31(29,30)20-7-5-16-3-2-4-18(16)14-20/h5-8,13-14,17H,2-4,9-12H2,1H3,(H2,24,27)(H,25,28). The molecule has 1 saturated heterocycles. The number of anilines is 1. The Hall–Kier alpha value is -2.71. The number of aryl methyl sites for hydroxylation is 3. The first-order valence-electron chi connectivity index (χ1n) is 10.6. The third kappa shape index (κ3) is 4.36. The van der Waals surface area contributed by atoms with Crippen LogP contribution in [0.2, 0.25) is 0 Å². The van der Waals surface area contributed by atoms with E-state index < -0.39 is 15.9 Å². The summed E-state index contributed by atoms with van der Waals surface area (Å²) in [4.78, 5) is 24.4. The quantitative estimate of drug-likeness (QED) is 0.743. The molecule has 2 aliphatic rings. The Bertz CT molecular complexity index is 1140. The van der Waals surface area contributed by atoms with E-state index in [-0.39, 0.29) is 11.8 Å². The summed E-state index contributed by atoms with van der Waals surface area (Å²) in [6.07, 6.45) is 3.95. The molecule has 0 saturated carbocycles. The average Bonchev–Trinajstić information content (AvgIpc) is 3.21. The lowest BCUT2D eigenvalue weighted by molar-refractivity contribution is -0.120. The number of piperidine rings is 1. The second-order valence-electron chi connectivity index (χ2n) is 8.35. The summed E-state index contributed by atoms with van der Waals surface area (Å²) >= 11 is 0. The number of fused-ring (bicyclic) bond motifs is 1. The molecule has 8 heteroatoms. The fourth-order valence-electron chi connectivity index (χ4n) is 4.48. The summed E-state index contributed by atoms with van der Waals surface area (Å²) in [5.41, 5.74) is 9.41. The summed E-state index contributed by atoms with van der Waals surface area (Å²) < 4.78 is 27.6. The minimum Gasteiger partial charge on any atom is -0.366 e. The number of nitrogens with one attached hydrogen (secondary N) is 1. The second-order valence-corrected chi connectivity index (χ2v) is 10.3. The summed E-state index contributed by atoms with van der Waals surface area (Å²) in [6.45, 7) is 2.40. The molecule has 0 atom stereocenters. The zero-order chi connectivity index (χ0) is 22.2. The highest BCUT2D eigenvalue weighted by Gasteiger charge is 2.32. The van der Waals surface area contributed by atoms with Crippen molar-refractivity contribution in [2.75, 3.05) is 18.4 Å². The van der Waals surface area contributed by atoms with E-state index in [2.05, 4.69) is 5.32 Å². The maximum absolute atomic E-state index is 13.1. The largest absolute Gasteiger partial charge is 0.366 e. The fourth-order valence-corrected chi connectivity index (χ4v) is 6.00. The molecule has 1 aliphatic carbocycles. The first-order valence-corrected chi connectivity index (χ1v) is 12.0.